The fraction of sp³-hybridized carbons (Fsp3) is 0.308. The van der Waals surface area contributed by atoms with Gasteiger partial charge in [0.25, 0.3) is 0 Å². The molecule has 0 fully saturated rings. The Hall–Kier alpha value is -1.79. The van der Waals surface area contributed by atoms with E-state index >= 15 is 0 Å². The lowest BCUT2D eigenvalue weighted by Crippen LogP contribution is -2.34. The molecule has 1 amide bonds. The maximum absolute atomic E-state index is 11.6. The molecule has 0 saturated carbocycles. The minimum atomic E-state index is -0.626. The second-order valence-electron chi connectivity index (χ2n) is 3.53. The van der Waals surface area contributed by atoms with Crippen LogP contribution in [-0.2, 0) is 4.79 Å². The standard InChI is InChI=1S/C13H16N2O/c1-3-4-9-15-13(16)12(14)11-7-5-10(2)6-8-11/h5-8,12H,9,14H2,1-2H3,(H,15,16). The Bertz CT molecular complexity index is 412. The van der Waals surface area contributed by atoms with Crippen LogP contribution in [0.1, 0.15) is 24.1 Å². The predicted octanol–water partition coefficient (Wildman–Crippen LogP) is 1.13. The Labute approximate surface area is 96.0 Å². The van der Waals surface area contributed by atoms with Gasteiger partial charge >= 0.3 is 0 Å². The normalized spacial score (nSPS) is 11.2. The van der Waals surface area contributed by atoms with Crippen LogP contribution in [0.25, 0.3) is 0 Å². The van der Waals surface area contributed by atoms with Gasteiger partial charge in [-0.25, -0.2) is 0 Å². The van der Waals surface area contributed by atoms with E-state index in [4.69, 9.17) is 5.73 Å². The first kappa shape index (κ1) is 12.3. The quantitative estimate of drug-likeness (QED) is 0.744. The molecule has 0 saturated heterocycles. The van der Waals surface area contributed by atoms with E-state index in [0.29, 0.717) is 6.54 Å². The lowest BCUT2D eigenvalue weighted by atomic mass is 10.1. The molecule has 1 aromatic carbocycles. The van der Waals surface area contributed by atoms with Crippen molar-refractivity contribution in [1.82, 2.24) is 5.32 Å². The van der Waals surface area contributed by atoms with Gasteiger partial charge in [0.05, 0.1) is 6.54 Å². The van der Waals surface area contributed by atoms with Crippen LogP contribution in [0.5, 0.6) is 0 Å². The number of rotatable bonds is 3. The molecule has 1 unspecified atom stereocenters. The number of benzene rings is 1. The Morgan fingerprint density at radius 1 is 1.44 bits per heavy atom. The van der Waals surface area contributed by atoms with E-state index in [9.17, 15) is 4.79 Å². The van der Waals surface area contributed by atoms with Crippen molar-refractivity contribution < 1.29 is 4.79 Å². The summed E-state index contributed by atoms with van der Waals surface area (Å²) in [5, 5.41) is 2.66. The third-order valence-corrected chi connectivity index (χ3v) is 2.25. The first-order valence-corrected chi connectivity index (χ1v) is 5.14. The van der Waals surface area contributed by atoms with Crippen LogP contribution >= 0.6 is 0 Å². The highest BCUT2D eigenvalue weighted by molar-refractivity contribution is 5.83. The molecular weight excluding hydrogens is 200 g/mol. The van der Waals surface area contributed by atoms with E-state index in [1.165, 1.54) is 0 Å². The van der Waals surface area contributed by atoms with Crippen LogP contribution in [0.3, 0.4) is 0 Å². The zero-order chi connectivity index (χ0) is 12.0. The summed E-state index contributed by atoms with van der Waals surface area (Å²) in [6, 6.07) is 6.98. The van der Waals surface area contributed by atoms with Crippen molar-refractivity contribution in [3.05, 3.63) is 35.4 Å². The fourth-order valence-electron chi connectivity index (χ4n) is 1.25. The highest BCUT2D eigenvalue weighted by atomic mass is 16.2. The van der Waals surface area contributed by atoms with Gasteiger partial charge in [0.2, 0.25) is 5.91 Å². The van der Waals surface area contributed by atoms with Crippen molar-refractivity contribution in [3.63, 3.8) is 0 Å². The molecule has 1 aromatic rings. The van der Waals surface area contributed by atoms with E-state index < -0.39 is 6.04 Å². The average molecular weight is 216 g/mol. The molecule has 3 nitrogen and oxygen atoms in total. The zero-order valence-electron chi connectivity index (χ0n) is 9.58. The highest BCUT2D eigenvalue weighted by Gasteiger charge is 2.14. The van der Waals surface area contributed by atoms with Crippen LogP contribution in [-0.4, -0.2) is 12.5 Å². The SMILES string of the molecule is CC#CCNC(=O)C(N)c1ccc(C)cc1. The lowest BCUT2D eigenvalue weighted by Gasteiger charge is -2.11. The summed E-state index contributed by atoms with van der Waals surface area (Å²) in [6.07, 6.45) is 0. The third-order valence-electron chi connectivity index (χ3n) is 2.25. The summed E-state index contributed by atoms with van der Waals surface area (Å²) >= 11 is 0. The van der Waals surface area contributed by atoms with Gasteiger partial charge in [-0.3, -0.25) is 4.79 Å². The van der Waals surface area contributed by atoms with E-state index in [0.717, 1.165) is 11.1 Å². The molecule has 1 rings (SSSR count). The number of hydrogen-bond donors (Lipinski definition) is 2. The average Bonchev–Trinajstić information content (AvgIpc) is 2.29. The topological polar surface area (TPSA) is 55.1 Å². The lowest BCUT2D eigenvalue weighted by molar-refractivity contribution is -0.122. The van der Waals surface area contributed by atoms with E-state index in [1.54, 1.807) is 6.92 Å². The summed E-state index contributed by atoms with van der Waals surface area (Å²) < 4.78 is 0. The molecule has 0 bridgehead atoms. The Kier molecular flexibility index (Phi) is 4.56. The van der Waals surface area contributed by atoms with Crippen molar-refractivity contribution in [1.29, 1.82) is 0 Å². The Morgan fingerprint density at radius 2 is 2.06 bits per heavy atom. The van der Waals surface area contributed by atoms with E-state index in [2.05, 4.69) is 17.2 Å². The first-order chi connectivity index (χ1) is 7.65. The number of aryl methyl sites for hydroxylation is 1. The van der Waals surface area contributed by atoms with E-state index in [1.807, 2.05) is 31.2 Å². The number of hydrogen-bond acceptors (Lipinski definition) is 2. The summed E-state index contributed by atoms with van der Waals surface area (Å²) in [5.41, 5.74) is 7.77. The minimum Gasteiger partial charge on any atom is -0.344 e. The van der Waals surface area contributed by atoms with Crippen molar-refractivity contribution in [2.75, 3.05) is 6.54 Å². The van der Waals surface area contributed by atoms with Gasteiger partial charge in [-0.15, -0.1) is 5.92 Å². The summed E-state index contributed by atoms with van der Waals surface area (Å²) in [5.74, 6) is 5.26. The molecular formula is C13H16N2O. The monoisotopic (exact) mass is 216 g/mol. The Morgan fingerprint density at radius 3 is 2.62 bits per heavy atom. The number of amides is 1. The molecule has 16 heavy (non-hydrogen) atoms. The van der Waals surface area contributed by atoms with E-state index in [-0.39, 0.29) is 5.91 Å². The molecule has 0 radical (unpaired) electrons. The molecule has 0 aliphatic rings. The fourth-order valence-corrected chi connectivity index (χ4v) is 1.25. The van der Waals surface area contributed by atoms with Gasteiger partial charge in [0.1, 0.15) is 6.04 Å². The number of nitrogens with two attached hydrogens (primary N) is 1. The highest BCUT2D eigenvalue weighted by Crippen LogP contribution is 2.11. The van der Waals surface area contributed by atoms with Crippen LogP contribution in [0.2, 0.25) is 0 Å². The maximum atomic E-state index is 11.6. The molecule has 1 atom stereocenters. The van der Waals surface area contributed by atoms with Gasteiger partial charge in [-0.05, 0) is 19.4 Å². The summed E-state index contributed by atoms with van der Waals surface area (Å²) in [7, 11) is 0. The maximum Gasteiger partial charge on any atom is 0.242 e. The van der Waals surface area contributed by atoms with Gasteiger partial charge in [-0.1, -0.05) is 35.7 Å². The second-order valence-corrected chi connectivity index (χ2v) is 3.53. The minimum absolute atomic E-state index is 0.202. The molecule has 0 aliphatic heterocycles. The summed E-state index contributed by atoms with van der Waals surface area (Å²) in [4.78, 5) is 11.6. The first-order valence-electron chi connectivity index (χ1n) is 5.14. The van der Waals surface area contributed by atoms with Crippen molar-refractivity contribution in [2.45, 2.75) is 19.9 Å². The van der Waals surface area contributed by atoms with Gasteiger partial charge in [0.15, 0.2) is 0 Å². The van der Waals surface area contributed by atoms with Gasteiger partial charge < -0.3 is 11.1 Å². The molecule has 0 heterocycles. The van der Waals surface area contributed by atoms with Gasteiger partial charge in [0, 0.05) is 0 Å². The number of carbonyl (C=O) groups is 1. The molecule has 0 spiro atoms. The zero-order valence-corrected chi connectivity index (χ0v) is 9.58. The third kappa shape index (κ3) is 3.41. The van der Waals surface area contributed by atoms with Crippen LogP contribution in [0.15, 0.2) is 24.3 Å². The van der Waals surface area contributed by atoms with Crippen LogP contribution in [0.4, 0.5) is 0 Å². The van der Waals surface area contributed by atoms with Gasteiger partial charge in [-0.2, -0.15) is 0 Å². The van der Waals surface area contributed by atoms with Crippen LogP contribution < -0.4 is 11.1 Å². The second kappa shape index (κ2) is 5.94. The molecule has 3 heteroatoms. The smallest absolute Gasteiger partial charge is 0.242 e. The molecule has 0 aliphatic carbocycles. The molecule has 3 N–H and O–H groups in total. The number of nitrogens with one attached hydrogen (secondary N) is 1. The van der Waals surface area contributed by atoms with Crippen molar-refractivity contribution in [2.24, 2.45) is 5.73 Å². The number of carbonyl (C=O) groups excluding carboxylic acids is 1. The summed E-state index contributed by atoms with van der Waals surface area (Å²) in [6.45, 7) is 4.06. The largest absolute Gasteiger partial charge is 0.344 e. The molecule has 84 valence electrons. The van der Waals surface area contributed by atoms with Crippen LogP contribution in [0, 0.1) is 18.8 Å². The molecule has 0 aromatic heterocycles. The Balaban J connectivity index is 2.61. The van der Waals surface area contributed by atoms with Crippen molar-refractivity contribution >= 4 is 5.91 Å². The predicted molar refractivity (Wildman–Crippen MR) is 64.6 cm³/mol. The van der Waals surface area contributed by atoms with Crippen molar-refractivity contribution in [3.8, 4) is 11.8 Å².